The lowest BCUT2D eigenvalue weighted by atomic mass is 10.1. The van der Waals surface area contributed by atoms with Crippen molar-refractivity contribution in [2.75, 3.05) is 32.0 Å². The van der Waals surface area contributed by atoms with Crippen molar-refractivity contribution in [3.63, 3.8) is 0 Å². The van der Waals surface area contributed by atoms with E-state index in [-0.39, 0.29) is 18.4 Å². The highest BCUT2D eigenvalue weighted by Gasteiger charge is 2.33. The third-order valence-electron chi connectivity index (χ3n) is 3.18. The first-order valence-electron chi connectivity index (χ1n) is 6.65. The normalized spacial score (nSPS) is 18.6. The summed E-state index contributed by atoms with van der Waals surface area (Å²) in [5, 5.41) is 2.73. The Morgan fingerprint density at radius 1 is 1.50 bits per heavy atom. The van der Waals surface area contributed by atoms with Crippen LogP contribution >= 0.6 is 0 Å². The minimum absolute atomic E-state index is 0.190. The SMILES string of the molecule is CCNC(=O)C1COCCN1C(=O)c1cccc(N)c1. The van der Waals surface area contributed by atoms with E-state index < -0.39 is 6.04 Å². The standard InChI is InChI=1S/C14H19N3O3/c1-2-16-13(18)12-9-20-7-6-17(12)14(19)10-4-3-5-11(15)8-10/h3-5,8,12H,2,6-7,9,15H2,1H3,(H,16,18). The number of carbonyl (C=O) groups is 2. The number of ether oxygens (including phenoxy) is 1. The zero-order valence-corrected chi connectivity index (χ0v) is 11.5. The molecule has 6 heteroatoms. The molecular formula is C14H19N3O3. The van der Waals surface area contributed by atoms with Gasteiger partial charge in [0, 0.05) is 24.3 Å². The van der Waals surface area contributed by atoms with Crippen LogP contribution in [0.5, 0.6) is 0 Å². The van der Waals surface area contributed by atoms with Gasteiger partial charge in [0.2, 0.25) is 5.91 Å². The maximum absolute atomic E-state index is 12.5. The lowest BCUT2D eigenvalue weighted by Crippen LogP contribution is -2.55. The van der Waals surface area contributed by atoms with Crippen LogP contribution < -0.4 is 11.1 Å². The van der Waals surface area contributed by atoms with Crippen LogP contribution in [0.15, 0.2) is 24.3 Å². The Morgan fingerprint density at radius 2 is 2.30 bits per heavy atom. The molecular weight excluding hydrogens is 258 g/mol. The van der Waals surface area contributed by atoms with Crippen LogP contribution in [0.25, 0.3) is 0 Å². The summed E-state index contributed by atoms with van der Waals surface area (Å²) in [6.07, 6.45) is 0. The van der Waals surface area contributed by atoms with E-state index >= 15 is 0 Å². The van der Waals surface area contributed by atoms with E-state index in [0.29, 0.717) is 30.9 Å². The monoisotopic (exact) mass is 277 g/mol. The fraction of sp³-hybridized carbons (Fsp3) is 0.429. The van der Waals surface area contributed by atoms with E-state index in [1.165, 1.54) is 0 Å². The van der Waals surface area contributed by atoms with Gasteiger partial charge in [0.1, 0.15) is 6.04 Å². The number of carbonyl (C=O) groups excluding carboxylic acids is 2. The molecule has 0 aliphatic carbocycles. The molecule has 0 radical (unpaired) electrons. The molecule has 3 N–H and O–H groups in total. The summed E-state index contributed by atoms with van der Waals surface area (Å²) in [4.78, 5) is 26.1. The van der Waals surface area contributed by atoms with Crippen molar-refractivity contribution in [1.82, 2.24) is 10.2 Å². The Labute approximate surface area is 117 Å². The molecule has 108 valence electrons. The summed E-state index contributed by atoms with van der Waals surface area (Å²) >= 11 is 0. The second kappa shape index (κ2) is 6.38. The Hall–Kier alpha value is -2.08. The number of nitrogens with one attached hydrogen (secondary N) is 1. The average Bonchev–Trinajstić information content (AvgIpc) is 2.47. The first-order valence-corrected chi connectivity index (χ1v) is 6.65. The van der Waals surface area contributed by atoms with Crippen molar-refractivity contribution in [3.05, 3.63) is 29.8 Å². The molecule has 2 amide bonds. The zero-order valence-electron chi connectivity index (χ0n) is 11.5. The van der Waals surface area contributed by atoms with Gasteiger partial charge in [0.05, 0.1) is 13.2 Å². The number of amides is 2. The third kappa shape index (κ3) is 3.08. The maximum Gasteiger partial charge on any atom is 0.254 e. The van der Waals surface area contributed by atoms with Crippen molar-refractivity contribution in [1.29, 1.82) is 0 Å². The minimum Gasteiger partial charge on any atom is -0.399 e. The molecule has 1 heterocycles. The Kier molecular flexibility index (Phi) is 4.57. The number of hydrogen-bond donors (Lipinski definition) is 2. The van der Waals surface area contributed by atoms with Crippen LogP contribution in [-0.4, -0.2) is 49.1 Å². The molecule has 20 heavy (non-hydrogen) atoms. The summed E-state index contributed by atoms with van der Waals surface area (Å²) in [5.41, 5.74) is 6.71. The number of morpholine rings is 1. The van der Waals surface area contributed by atoms with Crippen LogP contribution in [0.1, 0.15) is 17.3 Å². The number of rotatable bonds is 3. The van der Waals surface area contributed by atoms with Crippen LogP contribution in [0.2, 0.25) is 0 Å². The van der Waals surface area contributed by atoms with Crippen LogP contribution in [0.3, 0.4) is 0 Å². The van der Waals surface area contributed by atoms with Gasteiger partial charge in [0.25, 0.3) is 5.91 Å². The van der Waals surface area contributed by atoms with E-state index in [0.717, 1.165) is 0 Å². The molecule has 6 nitrogen and oxygen atoms in total. The first kappa shape index (κ1) is 14.3. The Bertz CT molecular complexity index is 504. The van der Waals surface area contributed by atoms with Crippen molar-refractivity contribution >= 4 is 17.5 Å². The van der Waals surface area contributed by atoms with Crippen LogP contribution in [0.4, 0.5) is 5.69 Å². The van der Waals surface area contributed by atoms with Gasteiger partial charge in [0.15, 0.2) is 0 Å². The van der Waals surface area contributed by atoms with Gasteiger partial charge in [-0.3, -0.25) is 9.59 Å². The number of benzene rings is 1. The molecule has 1 saturated heterocycles. The van der Waals surface area contributed by atoms with Gasteiger partial charge >= 0.3 is 0 Å². The average molecular weight is 277 g/mol. The number of hydrogen-bond acceptors (Lipinski definition) is 4. The maximum atomic E-state index is 12.5. The molecule has 0 aromatic heterocycles. The van der Waals surface area contributed by atoms with E-state index in [2.05, 4.69) is 5.32 Å². The highest BCUT2D eigenvalue weighted by molar-refractivity contribution is 5.98. The predicted molar refractivity (Wildman–Crippen MR) is 75.2 cm³/mol. The lowest BCUT2D eigenvalue weighted by Gasteiger charge is -2.34. The number of nitrogen functional groups attached to an aromatic ring is 1. The molecule has 1 fully saturated rings. The van der Waals surface area contributed by atoms with Crippen molar-refractivity contribution in [3.8, 4) is 0 Å². The van der Waals surface area contributed by atoms with Crippen LogP contribution in [-0.2, 0) is 9.53 Å². The van der Waals surface area contributed by atoms with Gasteiger partial charge < -0.3 is 20.7 Å². The Morgan fingerprint density at radius 3 is 3.00 bits per heavy atom. The van der Waals surface area contributed by atoms with Crippen LogP contribution in [0, 0.1) is 0 Å². The van der Waals surface area contributed by atoms with E-state index in [4.69, 9.17) is 10.5 Å². The van der Waals surface area contributed by atoms with E-state index in [9.17, 15) is 9.59 Å². The molecule has 0 saturated carbocycles. The van der Waals surface area contributed by atoms with Gasteiger partial charge in [-0.05, 0) is 25.1 Å². The number of likely N-dealkylation sites (N-methyl/N-ethyl adjacent to an activating group) is 1. The molecule has 1 aliphatic heterocycles. The fourth-order valence-corrected chi connectivity index (χ4v) is 2.19. The molecule has 1 atom stereocenters. The minimum atomic E-state index is -0.586. The predicted octanol–water partition coefficient (Wildman–Crippen LogP) is 0.246. The van der Waals surface area contributed by atoms with Gasteiger partial charge in [-0.25, -0.2) is 0 Å². The quantitative estimate of drug-likeness (QED) is 0.775. The zero-order chi connectivity index (χ0) is 14.5. The van der Waals surface area contributed by atoms with Gasteiger partial charge in [-0.1, -0.05) is 6.07 Å². The summed E-state index contributed by atoms with van der Waals surface area (Å²) in [5.74, 6) is -0.388. The topological polar surface area (TPSA) is 84.7 Å². The molecule has 1 aliphatic rings. The second-order valence-electron chi connectivity index (χ2n) is 4.61. The third-order valence-corrected chi connectivity index (χ3v) is 3.18. The number of nitrogens with zero attached hydrogens (tertiary/aromatic N) is 1. The number of anilines is 1. The fourth-order valence-electron chi connectivity index (χ4n) is 2.19. The van der Waals surface area contributed by atoms with Crippen molar-refractivity contribution in [2.24, 2.45) is 0 Å². The molecule has 1 aromatic carbocycles. The van der Waals surface area contributed by atoms with E-state index in [1.54, 1.807) is 29.2 Å². The van der Waals surface area contributed by atoms with Crippen molar-refractivity contribution < 1.29 is 14.3 Å². The molecule has 1 aromatic rings. The smallest absolute Gasteiger partial charge is 0.254 e. The molecule has 0 bridgehead atoms. The summed E-state index contributed by atoms with van der Waals surface area (Å²) < 4.78 is 5.31. The Balaban J connectivity index is 2.19. The summed E-state index contributed by atoms with van der Waals surface area (Å²) in [6.45, 7) is 3.42. The molecule has 1 unspecified atom stereocenters. The second-order valence-corrected chi connectivity index (χ2v) is 4.61. The molecule has 2 rings (SSSR count). The first-order chi connectivity index (χ1) is 9.63. The van der Waals surface area contributed by atoms with Gasteiger partial charge in [-0.2, -0.15) is 0 Å². The lowest BCUT2D eigenvalue weighted by molar-refractivity contribution is -0.130. The summed E-state index contributed by atoms with van der Waals surface area (Å²) in [7, 11) is 0. The van der Waals surface area contributed by atoms with E-state index in [1.807, 2.05) is 6.92 Å². The largest absolute Gasteiger partial charge is 0.399 e. The molecule has 0 spiro atoms. The summed E-state index contributed by atoms with van der Waals surface area (Å²) in [6, 6.07) is 6.18. The highest BCUT2D eigenvalue weighted by atomic mass is 16.5. The van der Waals surface area contributed by atoms with Crippen molar-refractivity contribution in [2.45, 2.75) is 13.0 Å². The highest BCUT2D eigenvalue weighted by Crippen LogP contribution is 2.15. The number of nitrogens with two attached hydrogens (primary N) is 1. The van der Waals surface area contributed by atoms with Gasteiger partial charge in [-0.15, -0.1) is 0 Å².